The van der Waals surface area contributed by atoms with Gasteiger partial charge in [0.05, 0.1) is 31.4 Å². The van der Waals surface area contributed by atoms with Crippen molar-refractivity contribution in [2.45, 2.75) is 19.4 Å². The van der Waals surface area contributed by atoms with Gasteiger partial charge in [-0.2, -0.15) is 0 Å². The first-order valence-electron chi connectivity index (χ1n) is 7.75. The van der Waals surface area contributed by atoms with E-state index >= 15 is 0 Å². The first kappa shape index (κ1) is 19.0. The second-order valence-corrected chi connectivity index (χ2v) is 8.05. The van der Waals surface area contributed by atoms with Gasteiger partial charge in [-0.1, -0.05) is 0 Å². The normalized spacial score (nSPS) is 18.4. The minimum Gasteiger partial charge on any atom is -0.497 e. The largest absolute Gasteiger partial charge is 0.497 e. The molecule has 1 N–H and O–H groups in total. The van der Waals surface area contributed by atoms with Gasteiger partial charge in [0, 0.05) is 19.0 Å². The van der Waals surface area contributed by atoms with Gasteiger partial charge in [-0.05, 0) is 18.6 Å². The molecule has 0 aliphatic carbocycles. The SMILES string of the molecule is COc1ccc(NC(=O)CN(C(C)=O)C2CCS(=O)(=O)C2)c(OC)c1. The van der Waals surface area contributed by atoms with Gasteiger partial charge in [0.15, 0.2) is 9.84 Å². The lowest BCUT2D eigenvalue weighted by Gasteiger charge is -2.26. The number of benzene rings is 1. The molecule has 1 aliphatic heterocycles. The van der Waals surface area contributed by atoms with Crippen LogP contribution in [-0.2, 0) is 19.4 Å². The van der Waals surface area contributed by atoms with Crippen LogP contribution in [0.1, 0.15) is 13.3 Å². The Hall–Kier alpha value is -2.29. The molecule has 1 unspecified atom stereocenters. The minimum atomic E-state index is -3.15. The third-order valence-corrected chi connectivity index (χ3v) is 5.80. The van der Waals surface area contributed by atoms with E-state index in [1.54, 1.807) is 18.2 Å². The number of hydrogen-bond donors (Lipinski definition) is 1. The van der Waals surface area contributed by atoms with Crippen LogP contribution in [0, 0.1) is 0 Å². The summed E-state index contributed by atoms with van der Waals surface area (Å²) in [5.74, 6) is 0.171. The molecule has 1 aliphatic rings. The van der Waals surface area contributed by atoms with Gasteiger partial charge in [0.1, 0.15) is 18.0 Å². The van der Waals surface area contributed by atoms with Crippen LogP contribution in [0.2, 0.25) is 0 Å². The highest BCUT2D eigenvalue weighted by molar-refractivity contribution is 7.91. The summed E-state index contributed by atoms with van der Waals surface area (Å²) in [6.07, 6.45) is 0.348. The molecule has 1 aromatic rings. The Morgan fingerprint density at radius 2 is 2.00 bits per heavy atom. The zero-order valence-corrected chi connectivity index (χ0v) is 15.3. The Labute approximate surface area is 147 Å². The molecular formula is C16H22N2O6S. The first-order valence-corrected chi connectivity index (χ1v) is 9.57. The van der Waals surface area contributed by atoms with E-state index in [0.717, 1.165) is 0 Å². The maximum atomic E-state index is 12.3. The molecule has 1 heterocycles. The van der Waals surface area contributed by atoms with Gasteiger partial charge in [-0.15, -0.1) is 0 Å². The third kappa shape index (κ3) is 4.85. The molecule has 9 heteroatoms. The summed E-state index contributed by atoms with van der Waals surface area (Å²) in [5.41, 5.74) is 0.441. The highest BCUT2D eigenvalue weighted by atomic mass is 32.2. The molecule has 0 saturated carbocycles. The summed E-state index contributed by atoms with van der Waals surface area (Å²) in [5, 5.41) is 2.68. The molecule has 1 aromatic carbocycles. The smallest absolute Gasteiger partial charge is 0.244 e. The Bertz CT molecular complexity index is 762. The molecule has 1 fully saturated rings. The topological polar surface area (TPSA) is 102 Å². The summed E-state index contributed by atoms with van der Waals surface area (Å²) in [6, 6.07) is 4.46. The van der Waals surface area contributed by atoms with Gasteiger partial charge in [0.2, 0.25) is 11.8 Å². The number of carbonyl (C=O) groups is 2. The highest BCUT2D eigenvalue weighted by Gasteiger charge is 2.34. The zero-order chi connectivity index (χ0) is 18.6. The van der Waals surface area contributed by atoms with E-state index in [2.05, 4.69) is 5.32 Å². The van der Waals surface area contributed by atoms with E-state index in [0.29, 0.717) is 23.6 Å². The lowest BCUT2D eigenvalue weighted by atomic mass is 10.2. The van der Waals surface area contributed by atoms with Crippen LogP contribution in [0.4, 0.5) is 5.69 Å². The van der Waals surface area contributed by atoms with Crippen LogP contribution >= 0.6 is 0 Å². The van der Waals surface area contributed by atoms with E-state index in [4.69, 9.17) is 9.47 Å². The van der Waals surface area contributed by atoms with Crippen LogP contribution in [0.5, 0.6) is 11.5 Å². The second kappa shape index (κ2) is 7.73. The average molecular weight is 370 g/mol. The second-order valence-electron chi connectivity index (χ2n) is 5.82. The van der Waals surface area contributed by atoms with E-state index in [1.165, 1.54) is 26.0 Å². The van der Waals surface area contributed by atoms with Crippen molar-refractivity contribution in [1.29, 1.82) is 0 Å². The number of rotatable bonds is 6. The summed E-state index contributed by atoms with van der Waals surface area (Å²) < 4.78 is 33.6. The van der Waals surface area contributed by atoms with Gasteiger partial charge in [0.25, 0.3) is 0 Å². The van der Waals surface area contributed by atoms with Crippen LogP contribution in [0.25, 0.3) is 0 Å². The fourth-order valence-electron chi connectivity index (χ4n) is 2.76. The van der Waals surface area contributed by atoms with Gasteiger partial charge in [-0.25, -0.2) is 8.42 Å². The number of ether oxygens (including phenoxy) is 2. The van der Waals surface area contributed by atoms with E-state index < -0.39 is 21.8 Å². The molecule has 0 bridgehead atoms. The summed E-state index contributed by atoms with van der Waals surface area (Å²) in [6.45, 7) is 1.11. The number of nitrogens with zero attached hydrogens (tertiary/aromatic N) is 1. The Morgan fingerprint density at radius 3 is 2.52 bits per heavy atom. The van der Waals surface area contributed by atoms with E-state index in [9.17, 15) is 18.0 Å². The molecule has 2 rings (SSSR count). The van der Waals surface area contributed by atoms with Gasteiger partial charge >= 0.3 is 0 Å². The maximum absolute atomic E-state index is 12.3. The van der Waals surface area contributed by atoms with Crippen molar-refractivity contribution in [2.24, 2.45) is 0 Å². The van der Waals surface area contributed by atoms with Crippen molar-refractivity contribution < 1.29 is 27.5 Å². The number of hydrogen-bond acceptors (Lipinski definition) is 6. The predicted octanol–water partition coefficient (Wildman–Crippen LogP) is 0.678. The summed E-state index contributed by atoms with van der Waals surface area (Å²) in [7, 11) is -0.157. The Kier molecular flexibility index (Phi) is 5.89. The number of methoxy groups -OCH3 is 2. The van der Waals surface area contributed by atoms with Crippen molar-refractivity contribution in [3.63, 3.8) is 0 Å². The lowest BCUT2D eigenvalue weighted by Crippen LogP contribution is -2.44. The standard InChI is InChI=1S/C16H22N2O6S/c1-11(19)18(12-6-7-25(21,22)10-12)9-16(20)17-14-5-4-13(23-2)8-15(14)24-3/h4-5,8,12H,6-7,9-10H2,1-3H3,(H,17,20). The van der Waals surface area contributed by atoms with Crippen molar-refractivity contribution in [1.82, 2.24) is 4.90 Å². The average Bonchev–Trinajstić information content (AvgIpc) is 2.92. The fourth-order valence-corrected chi connectivity index (χ4v) is 4.50. The quantitative estimate of drug-likeness (QED) is 0.790. The molecular weight excluding hydrogens is 348 g/mol. The number of anilines is 1. The summed E-state index contributed by atoms with van der Waals surface area (Å²) >= 11 is 0. The molecule has 1 atom stereocenters. The predicted molar refractivity (Wildman–Crippen MR) is 92.6 cm³/mol. The monoisotopic (exact) mass is 370 g/mol. The van der Waals surface area contributed by atoms with E-state index in [-0.39, 0.29) is 24.0 Å². The number of amides is 2. The zero-order valence-electron chi connectivity index (χ0n) is 14.4. The molecule has 138 valence electrons. The highest BCUT2D eigenvalue weighted by Crippen LogP contribution is 2.29. The minimum absolute atomic E-state index is 0.0371. The Balaban J connectivity index is 2.08. The molecule has 8 nitrogen and oxygen atoms in total. The van der Waals surface area contributed by atoms with Crippen molar-refractivity contribution in [2.75, 3.05) is 37.6 Å². The third-order valence-electron chi connectivity index (χ3n) is 4.05. The fraction of sp³-hybridized carbons (Fsp3) is 0.500. The molecule has 1 saturated heterocycles. The molecule has 25 heavy (non-hydrogen) atoms. The summed E-state index contributed by atoms with van der Waals surface area (Å²) in [4.78, 5) is 25.5. The molecule has 0 aromatic heterocycles. The van der Waals surface area contributed by atoms with Crippen LogP contribution in [0.3, 0.4) is 0 Å². The van der Waals surface area contributed by atoms with E-state index in [1.807, 2.05) is 0 Å². The number of nitrogens with one attached hydrogen (secondary N) is 1. The van der Waals surface area contributed by atoms with Gasteiger partial charge < -0.3 is 19.7 Å². The van der Waals surface area contributed by atoms with Crippen molar-refractivity contribution in [3.05, 3.63) is 18.2 Å². The molecule has 0 spiro atoms. The van der Waals surface area contributed by atoms with Crippen LogP contribution in [0.15, 0.2) is 18.2 Å². The van der Waals surface area contributed by atoms with Crippen LogP contribution < -0.4 is 14.8 Å². The molecule has 2 amide bonds. The van der Waals surface area contributed by atoms with Gasteiger partial charge in [-0.3, -0.25) is 9.59 Å². The number of sulfone groups is 1. The molecule has 0 radical (unpaired) electrons. The van der Waals surface area contributed by atoms with Crippen LogP contribution in [-0.4, -0.2) is 63.4 Å². The first-order chi connectivity index (χ1) is 11.8. The Morgan fingerprint density at radius 1 is 1.28 bits per heavy atom. The number of carbonyl (C=O) groups excluding carboxylic acids is 2. The van der Waals surface area contributed by atoms with Crippen molar-refractivity contribution >= 4 is 27.3 Å². The lowest BCUT2D eigenvalue weighted by molar-refractivity contribution is -0.134. The maximum Gasteiger partial charge on any atom is 0.244 e. The van der Waals surface area contributed by atoms with Crippen molar-refractivity contribution in [3.8, 4) is 11.5 Å².